The number of rotatable bonds is 4. The third-order valence-corrected chi connectivity index (χ3v) is 3.65. The Bertz CT molecular complexity index is 689. The molecule has 1 aromatic carbocycles. The number of hydrogen-bond acceptors (Lipinski definition) is 5. The van der Waals surface area contributed by atoms with E-state index >= 15 is 0 Å². The van der Waals surface area contributed by atoms with Gasteiger partial charge in [-0.2, -0.15) is 0 Å². The zero-order chi connectivity index (χ0) is 19.0. The van der Waals surface area contributed by atoms with Gasteiger partial charge in [0.1, 0.15) is 5.82 Å². The predicted molar refractivity (Wildman–Crippen MR) is 85.7 cm³/mol. The molecule has 0 unspecified atom stereocenters. The highest BCUT2D eigenvalue weighted by atomic mass is 19.1. The minimum absolute atomic E-state index is 0.277. The zero-order valence-electron chi connectivity index (χ0n) is 14.8. The number of carbonyl (C=O) groups excluding carboxylic acids is 3. The maximum atomic E-state index is 13.5. The summed E-state index contributed by atoms with van der Waals surface area (Å²) >= 11 is 0. The first-order valence-corrected chi connectivity index (χ1v) is 7.69. The molecular formula is C17H21FN2O5. The van der Waals surface area contributed by atoms with Crippen molar-refractivity contribution in [1.29, 1.82) is 0 Å². The van der Waals surface area contributed by atoms with E-state index in [1.54, 1.807) is 26.8 Å². The van der Waals surface area contributed by atoms with Gasteiger partial charge in [0.2, 0.25) is 0 Å². The van der Waals surface area contributed by atoms with Crippen molar-refractivity contribution in [3.63, 3.8) is 0 Å². The average molecular weight is 352 g/mol. The van der Waals surface area contributed by atoms with Crippen molar-refractivity contribution in [2.45, 2.75) is 38.4 Å². The third kappa shape index (κ3) is 3.69. The summed E-state index contributed by atoms with van der Waals surface area (Å²) in [6.07, 6.45) is -0.277. The van der Waals surface area contributed by atoms with Crippen molar-refractivity contribution < 1.29 is 28.5 Å². The van der Waals surface area contributed by atoms with E-state index in [0.29, 0.717) is 5.56 Å². The molecule has 2 rings (SSSR count). The summed E-state index contributed by atoms with van der Waals surface area (Å²) in [5.74, 6) is -2.25. The first-order valence-electron chi connectivity index (χ1n) is 7.69. The lowest BCUT2D eigenvalue weighted by molar-refractivity contribution is -0.387. The van der Waals surface area contributed by atoms with Gasteiger partial charge < -0.3 is 0 Å². The van der Waals surface area contributed by atoms with Crippen molar-refractivity contribution in [1.82, 2.24) is 9.80 Å². The van der Waals surface area contributed by atoms with Crippen LogP contribution in [0, 0.1) is 5.82 Å². The molecule has 0 atom stereocenters. The van der Waals surface area contributed by atoms with Crippen molar-refractivity contribution in [3.8, 4) is 0 Å². The molecule has 7 nitrogen and oxygen atoms in total. The van der Waals surface area contributed by atoms with Gasteiger partial charge in [-0.1, -0.05) is 12.1 Å². The Balaban J connectivity index is 2.49. The number of halogens is 1. The molecule has 1 fully saturated rings. The third-order valence-electron chi connectivity index (χ3n) is 3.65. The van der Waals surface area contributed by atoms with Crippen molar-refractivity contribution in [2.75, 3.05) is 14.1 Å². The Morgan fingerprint density at radius 2 is 1.64 bits per heavy atom. The van der Waals surface area contributed by atoms with E-state index in [-0.39, 0.29) is 6.42 Å². The molecule has 4 amide bonds. The minimum atomic E-state index is -2.11. The van der Waals surface area contributed by atoms with Crippen LogP contribution in [-0.2, 0) is 25.8 Å². The zero-order valence-corrected chi connectivity index (χ0v) is 14.8. The van der Waals surface area contributed by atoms with Crippen LogP contribution < -0.4 is 0 Å². The average Bonchev–Trinajstić information content (AvgIpc) is 2.53. The second kappa shape index (κ2) is 6.53. The number of hydrogen-bond donors (Lipinski definition) is 0. The van der Waals surface area contributed by atoms with Gasteiger partial charge in [-0.15, -0.1) is 0 Å². The number of imide groups is 2. The van der Waals surface area contributed by atoms with Crippen LogP contribution in [0.3, 0.4) is 0 Å². The number of amides is 4. The number of likely N-dealkylation sites (N-methyl/N-ethyl adjacent to an activating group) is 2. The fraction of sp³-hybridized carbons (Fsp3) is 0.471. The predicted octanol–water partition coefficient (Wildman–Crippen LogP) is 1.90. The number of nitrogens with zero attached hydrogens (tertiary/aromatic N) is 2. The molecule has 0 bridgehead atoms. The quantitative estimate of drug-likeness (QED) is 0.470. The monoisotopic (exact) mass is 352 g/mol. The van der Waals surface area contributed by atoms with Gasteiger partial charge in [0.05, 0.1) is 5.60 Å². The van der Waals surface area contributed by atoms with E-state index < -0.39 is 34.9 Å². The molecule has 1 aliphatic heterocycles. The Morgan fingerprint density at radius 1 is 1.08 bits per heavy atom. The van der Waals surface area contributed by atoms with Gasteiger partial charge >= 0.3 is 6.03 Å². The van der Waals surface area contributed by atoms with Crippen molar-refractivity contribution in [3.05, 3.63) is 35.6 Å². The summed E-state index contributed by atoms with van der Waals surface area (Å²) in [4.78, 5) is 49.7. The van der Waals surface area contributed by atoms with Crippen LogP contribution in [0.4, 0.5) is 9.18 Å². The Kier molecular flexibility index (Phi) is 4.97. The maximum Gasteiger partial charge on any atom is 0.333 e. The van der Waals surface area contributed by atoms with Crippen LogP contribution >= 0.6 is 0 Å². The van der Waals surface area contributed by atoms with Crippen LogP contribution in [0.5, 0.6) is 0 Å². The SMILES string of the molecule is CN1C(=O)N(C)C(=O)C(Cc2cccc(F)c2)(OOC(C)(C)C)C1=O. The van der Waals surface area contributed by atoms with E-state index in [9.17, 15) is 18.8 Å². The molecule has 136 valence electrons. The molecule has 1 aliphatic rings. The van der Waals surface area contributed by atoms with Crippen LogP contribution in [0.2, 0.25) is 0 Å². The Hall–Kier alpha value is -2.32. The minimum Gasteiger partial charge on any atom is -0.270 e. The van der Waals surface area contributed by atoms with Gasteiger partial charge in [-0.05, 0) is 38.5 Å². The van der Waals surface area contributed by atoms with E-state index in [2.05, 4.69) is 0 Å². The molecule has 0 radical (unpaired) electrons. The van der Waals surface area contributed by atoms with Crippen LogP contribution in [-0.4, -0.2) is 52.9 Å². The lowest BCUT2D eigenvalue weighted by Crippen LogP contribution is -2.69. The summed E-state index contributed by atoms with van der Waals surface area (Å²) in [5, 5.41) is 0. The lowest BCUT2D eigenvalue weighted by Gasteiger charge is -2.41. The highest BCUT2D eigenvalue weighted by molar-refractivity contribution is 6.21. The first-order chi connectivity index (χ1) is 11.5. The highest BCUT2D eigenvalue weighted by Crippen LogP contribution is 2.30. The topological polar surface area (TPSA) is 76.2 Å². The van der Waals surface area contributed by atoms with Crippen LogP contribution in [0.1, 0.15) is 26.3 Å². The number of carbonyl (C=O) groups is 3. The Morgan fingerprint density at radius 3 is 2.12 bits per heavy atom. The normalized spacial score (nSPS) is 18.1. The fourth-order valence-electron chi connectivity index (χ4n) is 2.41. The van der Waals surface area contributed by atoms with Gasteiger partial charge in [0.15, 0.2) is 0 Å². The summed E-state index contributed by atoms with van der Waals surface area (Å²) in [5.41, 5.74) is -2.57. The summed E-state index contributed by atoms with van der Waals surface area (Å²) < 4.78 is 13.5. The van der Waals surface area contributed by atoms with Gasteiger partial charge in [0.25, 0.3) is 17.4 Å². The van der Waals surface area contributed by atoms with Gasteiger partial charge in [-0.3, -0.25) is 19.4 Å². The highest BCUT2D eigenvalue weighted by Gasteiger charge is 2.58. The lowest BCUT2D eigenvalue weighted by atomic mass is 9.90. The van der Waals surface area contributed by atoms with Crippen LogP contribution in [0.25, 0.3) is 0 Å². The summed E-state index contributed by atoms with van der Waals surface area (Å²) in [7, 11) is 2.49. The molecule has 8 heteroatoms. The number of benzene rings is 1. The maximum absolute atomic E-state index is 13.5. The van der Waals surface area contributed by atoms with E-state index in [0.717, 1.165) is 9.80 Å². The second-order valence-corrected chi connectivity index (χ2v) is 6.92. The fourth-order valence-corrected chi connectivity index (χ4v) is 2.41. The van der Waals surface area contributed by atoms with E-state index in [1.807, 2.05) is 0 Å². The van der Waals surface area contributed by atoms with Gasteiger partial charge in [-0.25, -0.2) is 19.0 Å². The molecule has 0 saturated carbocycles. The van der Waals surface area contributed by atoms with Crippen LogP contribution in [0.15, 0.2) is 24.3 Å². The Labute approximate surface area is 145 Å². The van der Waals surface area contributed by atoms with Crippen molar-refractivity contribution >= 4 is 17.8 Å². The molecular weight excluding hydrogens is 331 g/mol. The molecule has 1 saturated heterocycles. The standard InChI is InChI=1S/C17H21FN2O5/c1-16(2,3)24-25-17(10-11-7-6-8-12(18)9-11)13(21)19(4)15(23)20(5)14(17)22/h6-9H,10H2,1-5H3. The summed E-state index contributed by atoms with van der Waals surface area (Å²) in [6.45, 7) is 5.04. The molecule has 25 heavy (non-hydrogen) atoms. The van der Waals surface area contributed by atoms with E-state index in [1.165, 1.54) is 32.3 Å². The summed E-state index contributed by atoms with van der Waals surface area (Å²) in [6, 6.07) is 4.68. The molecule has 0 aromatic heterocycles. The largest absolute Gasteiger partial charge is 0.333 e. The van der Waals surface area contributed by atoms with Crippen molar-refractivity contribution in [2.24, 2.45) is 0 Å². The molecule has 0 spiro atoms. The number of urea groups is 1. The number of barbiturate groups is 1. The molecule has 1 aromatic rings. The molecule has 0 aliphatic carbocycles. The first kappa shape index (κ1) is 19.0. The van der Waals surface area contributed by atoms with Gasteiger partial charge in [0, 0.05) is 20.5 Å². The second-order valence-electron chi connectivity index (χ2n) is 6.92. The molecule has 0 N–H and O–H groups in total. The van der Waals surface area contributed by atoms with E-state index in [4.69, 9.17) is 9.78 Å². The smallest absolute Gasteiger partial charge is 0.270 e. The molecule has 1 heterocycles.